The molecule has 0 aliphatic carbocycles. The summed E-state index contributed by atoms with van der Waals surface area (Å²) < 4.78 is 15.1. The van der Waals surface area contributed by atoms with Crippen LogP contribution in [0.15, 0.2) is 25.3 Å². The molecule has 1 saturated heterocycles. The van der Waals surface area contributed by atoms with Crippen molar-refractivity contribution in [1.29, 1.82) is 0 Å². The van der Waals surface area contributed by atoms with Gasteiger partial charge in [0.2, 0.25) is 0 Å². The maximum absolute atomic E-state index is 9.84. The molecule has 1 fully saturated rings. The maximum atomic E-state index is 9.84. The van der Waals surface area contributed by atoms with Crippen LogP contribution in [0.1, 0.15) is 26.7 Å². The van der Waals surface area contributed by atoms with Gasteiger partial charge in [0.1, 0.15) is 0 Å². The van der Waals surface area contributed by atoms with E-state index in [1.165, 1.54) is 7.11 Å². The van der Waals surface area contributed by atoms with Gasteiger partial charge in [0.05, 0.1) is 19.8 Å². The van der Waals surface area contributed by atoms with E-state index >= 15 is 0 Å². The SMILES string of the molecule is C=CC(=O)OC.C=CCCC1COC(C)(C)O1. The third kappa shape index (κ3) is 7.71. The standard InChI is InChI=1S/C9H16O2.C4H6O2/c1-4-5-6-8-7-10-9(2,3)11-8;1-3-4(5)6-2/h4,8H,1,5-7H2,2-3H3;3H,1H2,2H3. The predicted octanol–water partition coefficient (Wildman–Crippen LogP) is 2.45. The second-order valence-corrected chi connectivity index (χ2v) is 4.04. The van der Waals surface area contributed by atoms with Gasteiger partial charge < -0.3 is 14.2 Å². The Labute approximate surface area is 103 Å². The Morgan fingerprint density at radius 1 is 1.53 bits per heavy atom. The second-order valence-electron chi connectivity index (χ2n) is 4.04. The maximum Gasteiger partial charge on any atom is 0.329 e. The second kappa shape index (κ2) is 8.03. The number of hydrogen-bond acceptors (Lipinski definition) is 4. The zero-order valence-corrected chi connectivity index (χ0v) is 10.9. The lowest BCUT2D eigenvalue weighted by Gasteiger charge is -2.16. The van der Waals surface area contributed by atoms with Crippen LogP contribution in [-0.4, -0.2) is 31.6 Å². The van der Waals surface area contributed by atoms with Crippen LogP contribution in [0, 0.1) is 0 Å². The fraction of sp³-hybridized carbons (Fsp3) is 0.615. The molecule has 0 radical (unpaired) electrons. The number of carbonyl (C=O) groups is 1. The first-order valence-corrected chi connectivity index (χ1v) is 5.58. The summed E-state index contributed by atoms with van der Waals surface area (Å²) in [5.41, 5.74) is 0. The van der Waals surface area contributed by atoms with Gasteiger partial charge in [0, 0.05) is 6.08 Å². The molecule has 4 nitrogen and oxygen atoms in total. The van der Waals surface area contributed by atoms with Crippen molar-refractivity contribution in [2.75, 3.05) is 13.7 Å². The van der Waals surface area contributed by atoms with Crippen molar-refractivity contribution >= 4 is 5.97 Å². The Kier molecular flexibility index (Phi) is 7.50. The summed E-state index contributed by atoms with van der Waals surface area (Å²) >= 11 is 0. The van der Waals surface area contributed by atoms with Crippen LogP contribution in [0.5, 0.6) is 0 Å². The molecule has 0 aromatic heterocycles. The van der Waals surface area contributed by atoms with E-state index < -0.39 is 5.97 Å². The number of rotatable bonds is 4. The molecule has 1 rings (SSSR count). The number of allylic oxidation sites excluding steroid dienone is 1. The van der Waals surface area contributed by atoms with Gasteiger partial charge in [-0.2, -0.15) is 0 Å². The molecule has 1 unspecified atom stereocenters. The van der Waals surface area contributed by atoms with Gasteiger partial charge in [-0.3, -0.25) is 0 Å². The fourth-order valence-electron chi connectivity index (χ4n) is 1.29. The summed E-state index contributed by atoms with van der Waals surface area (Å²) in [7, 11) is 1.31. The van der Waals surface area contributed by atoms with Gasteiger partial charge in [0.15, 0.2) is 5.79 Å². The predicted molar refractivity (Wildman–Crippen MR) is 66.5 cm³/mol. The van der Waals surface area contributed by atoms with E-state index in [-0.39, 0.29) is 11.9 Å². The minimum Gasteiger partial charge on any atom is -0.466 e. The largest absolute Gasteiger partial charge is 0.466 e. The molecule has 1 atom stereocenters. The molecule has 1 aliphatic heterocycles. The van der Waals surface area contributed by atoms with Crippen molar-refractivity contribution in [2.24, 2.45) is 0 Å². The molecule has 0 aromatic rings. The monoisotopic (exact) mass is 242 g/mol. The molecule has 1 heterocycles. The van der Waals surface area contributed by atoms with Crippen LogP contribution in [-0.2, 0) is 19.0 Å². The smallest absolute Gasteiger partial charge is 0.329 e. The Morgan fingerprint density at radius 2 is 2.18 bits per heavy atom. The lowest BCUT2D eigenvalue weighted by molar-refractivity contribution is -0.138. The fourth-order valence-corrected chi connectivity index (χ4v) is 1.29. The van der Waals surface area contributed by atoms with E-state index in [0.29, 0.717) is 0 Å². The van der Waals surface area contributed by atoms with Crippen LogP contribution in [0.25, 0.3) is 0 Å². The summed E-state index contributed by atoms with van der Waals surface area (Å²) in [6, 6.07) is 0. The van der Waals surface area contributed by atoms with Crippen LogP contribution in [0.4, 0.5) is 0 Å². The molecular weight excluding hydrogens is 220 g/mol. The van der Waals surface area contributed by atoms with Gasteiger partial charge in [-0.15, -0.1) is 6.58 Å². The van der Waals surface area contributed by atoms with Crippen LogP contribution in [0.2, 0.25) is 0 Å². The minimum atomic E-state index is -0.394. The Morgan fingerprint density at radius 3 is 2.47 bits per heavy atom. The zero-order chi connectivity index (χ0) is 13.3. The van der Waals surface area contributed by atoms with Crippen LogP contribution in [0.3, 0.4) is 0 Å². The van der Waals surface area contributed by atoms with Crippen LogP contribution < -0.4 is 0 Å². The summed E-state index contributed by atoms with van der Waals surface area (Å²) in [6.45, 7) is 11.4. The zero-order valence-electron chi connectivity index (χ0n) is 10.9. The Hall–Kier alpha value is -1.13. The summed E-state index contributed by atoms with van der Waals surface area (Å²) in [6.07, 6.45) is 5.31. The number of carbonyl (C=O) groups excluding carboxylic acids is 1. The average Bonchev–Trinajstić information content (AvgIpc) is 2.66. The molecular formula is C13H22O4. The molecule has 98 valence electrons. The van der Waals surface area contributed by atoms with Crippen molar-refractivity contribution in [2.45, 2.75) is 38.6 Å². The minimum absolute atomic E-state index is 0.267. The quantitative estimate of drug-likeness (QED) is 0.431. The molecule has 0 saturated carbocycles. The van der Waals surface area contributed by atoms with Gasteiger partial charge in [-0.25, -0.2) is 4.79 Å². The van der Waals surface area contributed by atoms with Crippen molar-refractivity contribution in [3.63, 3.8) is 0 Å². The van der Waals surface area contributed by atoms with E-state index in [4.69, 9.17) is 9.47 Å². The highest BCUT2D eigenvalue weighted by molar-refractivity contribution is 5.80. The normalized spacial score (nSPS) is 21.0. The van der Waals surface area contributed by atoms with E-state index in [2.05, 4.69) is 17.9 Å². The van der Waals surface area contributed by atoms with Gasteiger partial charge >= 0.3 is 5.97 Å². The molecule has 0 bridgehead atoms. The lowest BCUT2D eigenvalue weighted by atomic mass is 10.2. The summed E-state index contributed by atoms with van der Waals surface area (Å²) in [5, 5.41) is 0. The molecule has 17 heavy (non-hydrogen) atoms. The average molecular weight is 242 g/mol. The first-order chi connectivity index (χ1) is 7.95. The van der Waals surface area contributed by atoms with E-state index in [0.717, 1.165) is 25.5 Å². The number of ether oxygens (including phenoxy) is 3. The number of esters is 1. The molecule has 0 spiro atoms. The first kappa shape index (κ1) is 15.9. The van der Waals surface area contributed by atoms with Gasteiger partial charge in [-0.1, -0.05) is 12.7 Å². The van der Waals surface area contributed by atoms with Gasteiger partial charge in [-0.05, 0) is 26.7 Å². The van der Waals surface area contributed by atoms with Crippen molar-refractivity contribution in [3.8, 4) is 0 Å². The van der Waals surface area contributed by atoms with E-state index in [1.54, 1.807) is 0 Å². The van der Waals surface area contributed by atoms with Crippen molar-refractivity contribution < 1.29 is 19.0 Å². The van der Waals surface area contributed by atoms with E-state index in [9.17, 15) is 4.79 Å². The summed E-state index contributed by atoms with van der Waals surface area (Å²) in [5.74, 6) is -0.763. The molecule has 4 heteroatoms. The van der Waals surface area contributed by atoms with Gasteiger partial charge in [0.25, 0.3) is 0 Å². The third-order valence-electron chi connectivity index (χ3n) is 2.13. The van der Waals surface area contributed by atoms with Crippen LogP contribution >= 0.6 is 0 Å². The Bertz CT molecular complexity index is 258. The third-order valence-corrected chi connectivity index (χ3v) is 2.13. The van der Waals surface area contributed by atoms with Crippen molar-refractivity contribution in [1.82, 2.24) is 0 Å². The number of hydrogen-bond donors (Lipinski definition) is 0. The summed E-state index contributed by atoms with van der Waals surface area (Å²) in [4.78, 5) is 9.84. The highest BCUT2D eigenvalue weighted by Gasteiger charge is 2.31. The molecule has 0 N–H and O–H groups in total. The van der Waals surface area contributed by atoms with E-state index in [1.807, 2.05) is 19.9 Å². The highest BCUT2D eigenvalue weighted by atomic mass is 16.7. The van der Waals surface area contributed by atoms with Crippen molar-refractivity contribution in [3.05, 3.63) is 25.3 Å². The lowest BCUT2D eigenvalue weighted by Crippen LogP contribution is -2.21. The number of methoxy groups -OCH3 is 1. The Balaban J connectivity index is 0.000000366. The topological polar surface area (TPSA) is 44.8 Å². The first-order valence-electron chi connectivity index (χ1n) is 5.58. The molecule has 0 amide bonds. The molecule has 0 aromatic carbocycles. The highest BCUT2D eigenvalue weighted by Crippen LogP contribution is 2.24. The molecule has 1 aliphatic rings.